The van der Waals surface area contributed by atoms with Gasteiger partial charge in [-0.15, -0.1) is 0 Å². The van der Waals surface area contributed by atoms with Crippen LogP contribution in [0.5, 0.6) is 0 Å². The highest BCUT2D eigenvalue weighted by Crippen LogP contribution is 2.25. The summed E-state index contributed by atoms with van der Waals surface area (Å²) < 4.78 is 0. The van der Waals surface area contributed by atoms with Crippen molar-refractivity contribution >= 4 is 11.3 Å². The number of thiophene rings is 1. The molecule has 0 aliphatic rings. The van der Waals surface area contributed by atoms with Crippen molar-refractivity contribution in [3.05, 3.63) is 22.4 Å². The molecule has 1 rings (SSSR count). The number of hydrogen-bond donors (Lipinski definition) is 1. The second-order valence-corrected chi connectivity index (χ2v) is 5.61. The van der Waals surface area contributed by atoms with Crippen LogP contribution in [0.25, 0.3) is 0 Å². The van der Waals surface area contributed by atoms with E-state index in [1.165, 1.54) is 5.56 Å². The van der Waals surface area contributed by atoms with E-state index in [9.17, 15) is 0 Å². The Bertz CT molecular complexity index is 306. The van der Waals surface area contributed by atoms with Crippen molar-refractivity contribution in [2.75, 3.05) is 13.1 Å². The molecule has 0 aromatic carbocycles. The second kappa shape index (κ2) is 6.53. The molecule has 0 radical (unpaired) electrons. The molecule has 1 aromatic rings. The monoisotopic (exact) mass is 254 g/mol. The predicted octanol–water partition coefficient (Wildman–Crippen LogP) is 3.13. The molecular weight excluding hydrogens is 228 g/mol. The third-order valence-electron chi connectivity index (χ3n) is 4.04. The summed E-state index contributed by atoms with van der Waals surface area (Å²) in [6.07, 6.45) is 2.07. The van der Waals surface area contributed by atoms with E-state index in [4.69, 9.17) is 5.73 Å². The van der Waals surface area contributed by atoms with Gasteiger partial charge in [0.2, 0.25) is 0 Å². The summed E-state index contributed by atoms with van der Waals surface area (Å²) in [5.74, 6) is 0. The summed E-state index contributed by atoms with van der Waals surface area (Å²) >= 11 is 1.75. The highest BCUT2D eigenvalue weighted by atomic mass is 32.1. The van der Waals surface area contributed by atoms with E-state index in [1.807, 2.05) is 0 Å². The highest BCUT2D eigenvalue weighted by Gasteiger charge is 2.34. The first-order valence-corrected chi connectivity index (χ1v) is 7.54. The lowest BCUT2D eigenvalue weighted by Crippen LogP contribution is -2.58. The van der Waals surface area contributed by atoms with Crippen LogP contribution in [0.2, 0.25) is 0 Å². The van der Waals surface area contributed by atoms with Crippen LogP contribution < -0.4 is 5.73 Å². The van der Waals surface area contributed by atoms with Gasteiger partial charge in [-0.2, -0.15) is 11.3 Å². The molecule has 1 aromatic heterocycles. The lowest BCUT2D eigenvalue weighted by molar-refractivity contribution is 0.0845. The molecule has 2 nitrogen and oxygen atoms in total. The number of likely N-dealkylation sites (N-methyl/N-ethyl adjacent to an activating group) is 1. The minimum absolute atomic E-state index is 0.103. The van der Waals surface area contributed by atoms with Gasteiger partial charge in [0.15, 0.2) is 0 Å². The van der Waals surface area contributed by atoms with Crippen molar-refractivity contribution < 1.29 is 0 Å². The number of hydrogen-bond acceptors (Lipinski definition) is 3. The maximum absolute atomic E-state index is 6.47. The minimum atomic E-state index is 0.103. The van der Waals surface area contributed by atoms with Crippen molar-refractivity contribution in [3.63, 3.8) is 0 Å². The summed E-state index contributed by atoms with van der Waals surface area (Å²) in [7, 11) is 0. The standard InChI is InChI=1S/C14H26N2S/c1-5-14(4,16(6-2)7-3)13(15)10-12-8-9-17-11-12/h8-9,11,13H,5-7,10,15H2,1-4H3. The van der Waals surface area contributed by atoms with Gasteiger partial charge in [-0.1, -0.05) is 20.8 Å². The molecule has 0 fully saturated rings. The lowest BCUT2D eigenvalue weighted by Gasteiger charge is -2.44. The molecule has 0 amide bonds. The quantitative estimate of drug-likeness (QED) is 0.810. The highest BCUT2D eigenvalue weighted by molar-refractivity contribution is 7.07. The van der Waals surface area contributed by atoms with E-state index < -0.39 is 0 Å². The summed E-state index contributed by atoms with van der Waals surface area (Å²) in [5.41, 5.74) is 7.94. The second-order valence-electron chi connectivity index (χ2n) is 4.83. The Morgan fingerprint density at radius 3 is 2.41 bits per heavy atom. The first kappa shape index (κ1) is 14.7. The average molecular weight is 254 g/mol. The third kappa shape index (κ3) is 3.30. The van der Waals surface area contributed by atoms with Gasteiger partial charge in [-0.25, -0.2) is 0 Å². The zero-order chi connectivity index (χ0) is 12.9. The lowest BCUT2D eigenvalue weighted by atomic mass is 9.84. The van der Waals surface area contributed by atoms with E-state index >= 15 is 0 Å². The number of rotatable bonds is 7. The van der Waals surface area contributed by atoms with Crippen LogP contribution in [0.3, 0.4) is 0 Å². The van der Waals surface area contributed by atoms with Crippen molar-refractivity contribution in [1.29, 1.82) is 0 Å². The number of nitrogens with zero attached hydrogens (tertiary/aromatic N) is 1. The average Bonchev–Trinajstić information content (AvgIpc) is 2.82. The van der Waals surface area contributed by atoms with E-state index in [0.29, 0.717) is 0 Å². The molecular formula is C14H26N2S. The molecule has 2 unspecified atom stereocenters. The molecule has 3 heteroatoms. The summed E-state index contributed by atoms with van der Waals surface area (Å²) in [6.45, 7) is 11.1. The fourth-order valence-corrected chi connectivity index (χ4v) is 3.23. The van der Waals surface area contributed by atoms with Gasteiger partial charge in [0.1, 0.15) is 0 Å². The first-order valence-electron chi connectivity index (χ1n) is 6.60. The topological polar surface area (TPSA) is 29.3 Å². The Morgan fingerprint density at radius 1 is 1.35 bits per heavy atom. The van der Waals surface area contributed by atoms with Gasteiger partial charge in [0, 0.05) is 11.6 Å². The van der Waals surface area contributed by atoms with E-state index in [1.54, 1.807) is 11.3 Å². The van der Waals surface area contributed by atoms with Gasteiger partial charge < -0.3 is 5.73 Å². The minimum Gasteiger partial charge on any atom is -0.326 e. The van der Waals surface area contributed by atoms with Crippen molar-refractivity contribution in [1.82, 2.24) is 4.90 Å². The third-order valence-corrected chi connectivity index (χ3v) is 4.77. The number of nitrogens with two attached hydrogens (primary N) is 1. The van der Waals surface area contributed by atoms with Crippen LogP contribution in [0.15, 0.2) is 16.8 Å². The molecule has 2 atom stereocenters. The maximum atomic E-state index is 6.47. The molecule has 0 aliphatic heterocycles. The van der Waals surface area contributed by atoms with Crippen LogP contribution in [0.4, 0.5) is 0 Å². The van der Waals surface area contributed by atoms with Crippen LogP contribution in [-0.4, -0.2) is 29.6 Å². The Balaban J connectivity index is 2.77. The Labute approximate surface area is 110 Å². The van der Waals surface area contributed by atoms with Gasteiger partial charge in [-0.3, -0.25) is 4.90 Å². The molecule has 0 saturated carbocycles. The summed E-state index contributed by atoms with van der Waals surface area (Å²) in [4.78, 5) is 2.49. The molecule has 0 aliphatic carbocycles. The van der Waals surface area contributed by atoms with Crippen LogP contribution in [0, 0.1) is 0 Å². The molecule has 17 heavy (non-hydrogen) atoms. The molecule has 0 saturated heterocycles. The van der Waals surface area contributed by atoms with Gasteiger partial charge in [0.05, 0.1) is 0 Å². The SMILES string of the molecule is CCN(CC)C(C)(CC)C(N)Cc1ccsc1. The van der Waals surface area contributed by atoms with Crippen molar-refractivity contribution in [3.8, 4) is 0 Å². The Kier molecular flexibility index (Phi) is 5.63. The molecule has 98 valence electrons. The summed E-state index contributed by atoms with van der Waals surface area (Å²) in [5, 5.41) is 4.33. The summed E-state index contributed by atoms with van der Waals surface area (Å²) in [6, 6.07) is 2.38. The van der Waals surface area contributed by atoms with Gasteiger partial charge in [0.25, 0.3) is 0 Å². The van der Waals surface area contributed by atoms with Crippen molar-refractivity contribution in [2.45, 2.75) is 52.1 Å². The molecule has 1 heterocycles. The fraction of sp³-hybridized carbons (Fsp3) is 0.714. The van der Waals surface area contributed by atoms with Gasteiger partial charge >= 0.3 is 0 Å². The largest absolute Gasteiger partial charge is 0.326 e. The molecule has 0 bridgehead atoms. The Morgan fingerprint density at radius 2 is 2.00 bits per heavy atom. The normalized spacial score (nSPS) is 17.1. The van der Waals surface area contributed by atoms with E-state index in [0.717, 1.165) is 25.9 Å². The smallest absolute Gasteiger partial charge is 0.0332 e. The zero-order valence-corrected chi connectivity index (χ0v) is 12.4. The van der Waals surface area contributed by atoms with Crippen LogP contribution in [0.1, 0.15) is 39.7 Å². The predicted molar refractivity (Wildman–Crippen MR) is 77.6 cm³/mol. The van der Waals surface area contributed by atoms with E-state index in [-0.39, 0.29) is 11.6 Å². The Hall–Kier alpha value is -0.380. The van der Waals surface area contributed by atoms with E-state index in [2.05, 4.69) is 49.4 Å². The zero-order valence-electron chi connectivity index (χ0n) is 11.6. The molecule has 2 N–H and O–H groups in total. The maximum Gasteiger partial charge on any atom is 0.0332 e. The van der Waals surface area contributed by atoms with Crippen molar-refractivity contribution in [2.24, 2.45) is 5.73 Å². The first-order chi connectivity index (χ1) is 8.08. The van der Waals surface area contributed by atoms with Gasteiger partial charge in [-0.05, 0) is 55.2 Å². The molecule has 0 spiro atoms. The van der Waals surface area contributed by atoms with Crippen LogP contribution in [-0.2, 0) is 6.42 Å². The fourth-order valence-electron chi connectivity index (χ4n) is 2.55. The van der Waals surface area contributed by atoms with Crippen LogP contribution >= 0.6 is 11.3 Å².